The number of ether oxygens (including phenoxy) is 2. The first-order valence-corrected chi connectivity index (χ1v) is 12.2. The zero-order chi connectivity index (χ0) is 24.6. The maximum atomic E-state index is 13.6. The summed E-state index contributed by atoms with van der Waals surface area (Å²) in [6.45, 7) is 14.9. The Labute approximate surface area is 205 Å². The highest BCUT2D eigenvalue weighted by atomic mass is 35.5. The Hall–Kier alpha value is -1.76. The summed E-state index contributed by atoms with van der Waals surface area (Å²) in [7, 11) is 0. The number of likely N-dealkylation sites (tertiary alicyclic amines) is 1. The summed E-state index contributed by atoms with van der Waals surface area (Å²) >= 11 is 12.6. The van der Waals surface area contributed by atoms with E-state index in [4.69, 9.17) is 32.7 Å². The molecule has 1 aliphatic rings. The number of carbonyl (C=O) groups is 1. The van der Waals surface area contributed by atoms with Gasteiger partial charge in [-0.2, -0.15) is 0 Å². The Kier molecular flexibility index (Phi) is 7.72. The second kappa shape index (κ2) is 9.85. The number of halogens is 2. The van der Waals surface area contributed by atoms with Crippen LogP contribution in [0.2, 0.25) is 10.0 Å². The third kappa shape index (κ3) is 6.43. The third-order valence-electron chi connectivity index (χ3n) is 5.34. The van der Waals surface area contributed by atoms with E-state index in [1.165, 1.54) is 17.4 Å². The van der Waals surface area contributed by atoms with Gasteiger partial charge in [0.15, 0.2) is 11.4 Å². The largest absolute Gasteiger partial charge is 0.489 e. The highest BCUT2D eigenvalue weighted by molar-refractivity contribution is 6.42. The molecule has 0 atom stereocenters. The van der Waals surface area contributed by atoms with Crippen LogP contribution in [0.4, 0.5) is 0 Å². The molecule has 0 saturated carbocycles. The quantitative estimate of drug-likeness (QED) is 0.474. The molecule has 0 bridgehead atoms. The zero-order valence-corrected chi connectivity index (χ0v) is 21.9. The summed E-state index contributed by atoms with van der Waals surface area (Å²) in [4.78, 5) is 29.3. The fourth-order valence-corrected chi connectivity index (χ4v) is 4.32. The van der Waals surface area contributed by atoms with E-state index in [0.29, 0.717) is 29.7 Å². The molecule has 0 spiro atoms. The van der Waals surface area contributed by atoms with Crippen LogP contribution in [0.5, 0.6) is 5.75 Å². The van der Waals surface area contributed by atoms with Crippen LogP contribution in [0.25, 0.3) is 10.8 Å². The minimum absolute atomic E-state index is 0.108. The minimum atomic E-state index is -0.737. The molecule has 2 aromatic rings. The third-order valence-corrected chi connectivity index (χ3v) is 6.07. The van der Waals surface area contributed by atoms with E-state index in [9.17, 15) is 9.59 Å². The van der Waals surface area contributed by atoms with Gasteiger partial charge in [0.1, 0.15) is 12.2 Å². The van der Waals surface area contributed by atoms with Crippen LogP contribution >= 0.6 is 23.2 Å². The molecule has 8 heteroatoms. The summed E-state index contributed by atoms with van der Waals surface area (Å²) in [5.74, 6) is -0.297. The average molecular weight is 497 g/mol. The predicted molar refractivity (Wildman–Crippen MR) is 134 cm³/mol. The van der Waals surface area contributed by atoms with Crippen molar-refractivity contribution in [3.63, 3.8) is 0 Å². The van der Waals surface area contributed by atoms with Crippen LogP contribution in [-0.2, 0) is 11.3 Å². The molecule has 1 aromatic carbocycles. The number of nitrogens with zero attached hydrogens (tertiary/aromatic N) is 2. The van der Waals surface area contributed by atoms with E-state index in [0.717, 1.165) is 19.6 Å². The number of aromatic nitrogens is 1. The van der Waals surface area contributed by atoms with E-state index >= 15 is 0 Å². The van der Waals surface area contributed by atoms with Crippen molar-refractivity contribution in [3.8, 4) is 5.75 Å². The molecular formula is C25H34Cl2N2O4. The normalized spacial score (nSPS) is 15.3. The van der Waals surface area contributed by atoms with Gasteiger partial charge in [-0.15, -0.1) is 0 Å². The Balaban J connectivity index is 2.22. The molecule has 1 saturated heterocycles. The van der Waals surface area contributed by atoms with E-state index in [-0.39, 0.29) is 26.7 Å². The summed E-state index contributed by atoms with van der Waals surface area (Å²) < 4.78 is 13.4. The van der Waals surface area contributed by atoms with Crippen molar-refractivity contribution in [2.75, 3.05) is 26.2 Å². The Morgan fingerprint density at radius 3 is 2.12 bits per heavy atom. The lowest BCUT2D eigenvalue weighted by Crippen LogP contribution is -2.35. The van der Waals surface area contributed by atoms with Crippen molar-refractivity contribution < 1.29 is 14.3 Å². The molecule has 0 unspecified atom stereocenters. The number of hydrogen-bond acceptors (Lipinski definition) is 5. The first kappa shape index (κ1) is 25.9. The molecule has 0 N–H and O–H groups in total. The first-order chi connectivity index (χ1) is 15.3. The van der Waals surface area contributed by atoms with Gasteiger partial charge < -0.3 is 9.47 Å². The van der Waals surface area contributed by atoms with Crippen LogP contribution in [-0.4, -0.2) is 47.3 Å². The number of hydrogen-bond donors (Lipinski definition) is 0. The van der Waals surface area contributed by atoms with Crippen molar-refractivity contribution in [2.24, 2.45) is 5.41 Å². The smallest absolute Gasteiger partial charge is 0.359 e. The van der Waals surface area contributed by atoms with Crippen molar-refractivity contribution in [1.82, 2.24) is 9.47 Å². The van der Waals surface area contributed by atoms with Crippen LogP contribution in [0, 0.1) is 5.41 Å². The van der Waals surface area contributed by atoms with Crippen molar-refractivity contribution in [2.45, 2.75) is 66.5 Å². The summed E-state index contributed by atoms with van der Waals surface area (Å²) in [5.41, 5.74) is -1.24. The molecule has 182 valence electrons. The van der Waals surface area contributed by atoms with Crippen molar-refractivity contribution >= 4 is 39.9 Å². The van der Waals surface area contributed by atoms with E-state index in [2.05, 4.69) is 4.90 Å². The number of carbonyl (C=O) groups excluding carboxylic acids is 1. The summed E-state index contributed by atoms with van der Waals surface area (Å²) in [6.07, 6.45) is 2.35. The van der Waals surface area contributed by atoms with Crippen molar-refractivity contribution in [3.05, 3.63) is 38.2 Å². The molecule has 0 aliphatic carbocycles. The number of rotatable bonds is 6. The minimum Gasteiger partial charge on any atom is -0.489 e. The first-order valence-electron chi connectivity index (χ1n) is 11.4. The van der Waals surface area contributed by atoms with Crippen LogP contribution in [0.3, 0.4) is 0 Å². The standard InChI is InChI=1S/C25H34Cl2N2O4/c1-24(2,3)15-29-20(23(31)33-25(4,5)6)21(32-12-11-28-9-7-8-10-28)16-13-18(26)19(27)14-17(16)22(29)30/h13-14H,7-12,15H2,1-6H3. The van der Waals surface area contributed by atoms with Crippen LogP contribution < -0.4 is 10.3 Å². The molecule has 0 amide bonds. The number of pyridine rings is 1. The number of esters is 1. The van der Waals surface area contributed by atoms with E-state index in [1.807, 2.05) is 20.8 Å². The van der Waals surface area contributed by atoms with Gasteiger partial charge in [0.05, 0.1) is 15.4 Å². The number of fused-ring (bicyclic) bond motifs is 1. The SMILES string of the molecule is CC(C)(C)Cn1c(C(=O)OC(C)(C)C)c(OCCN2CCCC2)c2cc(Cl)c(Cl)cc2c1=O. The Morgan fingerprint density at radius 2 is 1.58 bits per heavy atom. The topological polar surface area (TPSA) is 60.8 Å². The van der Waals surface area contributed by atoms with Gasteiger partial charge in [0.25, 0.3) is 5.56 Å². The maximum absolute atomic E-state index is 13.6. The highest BCUT2D eigenvalue weighted by Crippen LogP contribution is 2.35. The molecule has 33 heavy (non-hydrogen) atoms. The second-order valence-electron chi connectivity index (χ2n) is 10.8. The van der Waals surface area contributed by atoms with Gasteiger partial charge >= 0.3 is 5.97 Å². The van der Waals surface area contributed by atoms with E-state index < -0.39 is 11.6 Å². The van der Waals surface area contributed by atoms with Gasteiger partial charge in [-0.1, -0.05) is 44.0 Å². The van der Waals surface area contributed by atoms with Gasteiger partial charge in [-0.3, -0.25) is 14.3 Å². The van der Waals surface area contributed by atoms with Crippen LogP contribution in [0.15, 0.2) is 16.9 Å². The fourth-order valence-electron chi connectivity index (χ4n) is 3.99. The summed E-state index contributed by atoms with van der Waals surface area (Å²) in [6, 6.07) is 3.15. The molecule has 3 rings (SSSR count). The van der Waals surface area contributed by atoms with E-state index in [1.54, 1.807) is 32.9 Å². The maximum Gasteiger partial charge on any atom is 0.359 e. The van der Waals surface area contributed by atoms with Crippen molar-refractivity contribution in [1.29, 1.82) is 0 Å². The molecule has 0 radical (unpaired) electrons. The molecule has 2 heterocycles. The van der Waals surface area contributed by atoms with Gasteiger partial charge in [-0.25, -0.2) is 4.79 Å². The molecule has 1 aromatic heterocycles. The van der Waals surface area contributed by atoms with Gasteiger partial charge in [0, 0.05) is 18.5 Å². The Morgan fingerprint density at radius 1 is 1.00 bits per heavy atom. The summed E-state index contributed by atoms with van der Waals surface area (Å²) in [5, 5.41) is 1.38. The van der Waals surface area contributed by atoms with Crippen LogP contribution in [0.1, 0.15) is 64.9 Å². The second-order valence-corrected chi connectivity index (χ2v) is 11.7. The average Bonchev–Trinajstić information content (AvgIpc) is 3.18. The molecular weight excluding hydrogens is 463 g/mol. The van der Waals surface area contributed by atoms with Gasteiger partial charge in [-0.05, 0) is 64.3 Å². The highest BCUT2D eigenvalue weighted by Gasteiger charge is 2.30. The lowest BCUT2D eigenvalue weighted by Gasteiger charge is -2.27. The molecule has 6 nitrogen and oxygen atoms in total. The predicted octanol–water partition coefficient (Wildman–Crippen LogP) is 5.78. The molecule has 1 fully saturated rings. The number of benzene rings is 1. The Bertz CT molecular complexity index is 1090. The lowest BCUT2D eigenvalue weighted by atomic mass is 9.96. The lowest BCUT2D eigenvalue weighted by molar-refractivity contribution is 0.00498. The fraction of sp³-hybridized carbons (Fsp3) is 0.600. The van der Waals surface area contributed by atoms with Gasteiger partial charge in [0.2, 0.25) is 0 Å². The molecule has 1 aliphatic heterocycles. The zero-order valence-electron chi connectivity index (χ0n) is 20.4. The monoisotopic (exact) mass is 496 g/mol.